The molecule has 1 rings (SSSR count). The third-order valence-electron chi connectivity index (χ3n) is 2.59. The Bertz CT molecular complexity index is 440. The second-order valence-electron chi connectivity index (χ2n) is 4.31. The van der Waals surface area contributed by atoms with E-state index in [0.717, 1.165) is 12.0 Å². The predicted octanol–water partition coefficient (Wildman–Crippen LogP) is 1.53. The predicted molar refractivity (Wildman–Crippen MR) is 73.6 cm³/mol. The van der Waals surface area contributed by atoms with Crippen molar-refractivity contribution >= 4 is 9.84 Å². The molecule has 0 aliphatic heterocycles. The van der Waals surface area contributed by atoms with Crippen molar-refractivity contribution in [2.75, 3.05) is 24.7 Å². The summed E-state index contributed by atoms with van der Waals surface area (Å²) in [6, 6.07) is 7.56. The molecule has 0 saturated heterocycles. The van der Waals surface area contributed by atoms with Crippen LogP contribution in [0.1, 0.15) is 18.4 Å². The Morgan fingerprint density at radius 3 is 2.39 bits per heavy atom. The molecule has 0 aliphatic rings. The minimum atomic E-state index is -3.01. The Morgan fingerprint density at radius 1 is 1.11 bits per heavy atom. The van der Waals surface area contributed by atoms with Crippen LogP contribution in [0.25, 0.3) is 0 Å². The Kier molecular flexibility index (Phi) is 6.15. The lowest BCUT2D eigenvalue weighted by Gasteiger charge is -2.07. The van der Waals surface area contributed by atoms with Crippen molar-refractivity contribution in [3.8, 4) is 5.75 Å². The maximum absolute atomic E-state index is 11.6. The highest BCUT2D eigenvalue weighted by Gasteiger charge is 2.10. The third kappa shape index (κ3) is 6.02. The van der Waals surface area contributed by atoms with Crippen LogP contribution in [0, 0.1) is 6.92 Å². The number of hydrogen-bond acceptors (Lipinski definition) is 4. The molecule has 0 unspecified atom stereocenters. The van der Waals surface area contributed by atoms with Gasteiger partial charge in [0.25, 0.3) is 0 Å². The van der Waals surface area contributed by atoms with Crippen LogP contribution in [0.2, 0.25) is 0 Å². The number of ether oxygens (including phenoxy) is 1. The van der Waals surface area contributed by atoms with Crippen molar-refractivity contribution in [2.45, 2.75) is 19.8 Å². The molecule has 4 nitrogen and oxygen atoms in total. The molecule has 18 heavy (non-hydrogen) atoms. The van der Waals surface area contributed by atoms with Gasteiger partial charge in [0.1, 0.15) is 12.4 Å². The van der Waals surface area contributed by atoms with Crippen LogP contribution < -0.4 is 10.5 Å². The summed E-state index contributed by atoms with van der Waals surface area (Å²) in [5, 5.41) is 0. The fourth-order valence-corrected chi connectivity index (χ4v) is 2.67. The molecule has 0 atom stereocenters. The fraction of sp³-hybridized carbons (Fsp3) is 0.538. The average molecular weight is 271 g/mol. The summed E-state index contributed by atoms with van der Waals surface area (Å²) in [6.07, 6.45) is 1.38. The molecule has 0 bridgehead atoms. The molecule has 0 saturated carbocycles. The molecular formula is C13H21NO3S. The maximum atomic E-state index is 11.6. The van der Waals surface area contributed by atoms with E-state index >= 15 is 0 Å². The van der Waals surface area contributed by atoms with Crippen LogP contribution in [0.15, 0.2) is 24.3 Å². The van der Waals surface area contributed by atoms with Gasteiger partial charge in [0.15, 0.2) is 9.84 Å². The number of hydrogen-bond donors (Lipinski definition) is 1. The van der Waals surface area contributed by atoms with Gasteiger partial charge in [-0.3, -0.25) is 0 Å². The molecule has 0 radical (unpaired) electrons. The van der Waals surface area contributed by atoms with Gasteiger partial charge < -0.3 is 10.5 Å². The largest absolute Gasteiger partial charge is 0.493 e. The summed E-state index contributed by atoms with van der Waals surface area (Å²) in [7, 11) is -3.01. The highest BCUT2D eigenvalue weighted by Crippen LogP contribution is 2.11. The minimum Gasteiger partial charge on any atom is -0.493 e. The van der Waals surface area contributed by atoms with Crippen LogP contribution >= 0.6 is 0 Å². The molecule has 1 aromatic carbocycles. The smallest absolute Gasteiger partial charge is 0.153 e. The number of nitrogens with two attached hydrogens (primary N) is 1. The highest BCUT2D eigenvalue weighted by atomic mass is 32.2. The normalized spacial score (nSPS) is 11.4. The summed E-state index contributed by atoms with van der Waals surface area (Å²) in [6.45, 7) is 2.73. The summed E-state index contributed by atoms with van der Waals surface area (Å²) in [5.41, 5.74) is 6.48. The zero-order valence-electron chi connectivity index (χ0n) is 10.8. The Hall–Kier alpha value is -1.07. The van der Waals surface area contributed by atoms with Crippen molar-refractivity contribution in [3.63, 3.8) is 0 Å². The second kappa shape index (κ2) is 7.38. The van der Waals surface area contributed by atoms with Gasteiger partial charge in [0, 0.05) is 0 Å². The number of sulfone groups is 1. The molecule has 102 valence electrons. The fourth-order valence-electron chi connectivity index (χ4n) is 1.49. The van der Waals surface area contributed by atoms with Gasteiger partial charge in [0.2, 0.25) is 0 Å². The van der Waals surface area contributed by atoms with E-state index in [1.807, 2.05) is 31.2 Å². The quantitative estimate of drug-likeness (QED) is 0.728. The second-order valence-corrected chi connectivity index (χ2v) is 6.61. The Morgan fingerprint density at radius 2 is 1.78 bits per heavy atom. The number of aryl methyl sites for hydroxylation is 1. The topological polar surface area (TPSA) is 69.4 Å². The molecule has 2 N–H and O–H groups in total. The first-order valence-electron chi connectivity index (χ1n) is 6.13. The number of rotatable bonds is 8. The molecular weight excluding hydrogens is 250 g/mol. The average Bonchev–Trinajstić information content (AvgIpc) is 2.32. The first kappa shape index (κ1) is 15.0. The first-order chi connectivity index (χ1) is 8.53. The lowest BCUT2D eigenvalue weighted by atomic mass is 10.2. The van der Waals surface area contributed by atoms with Crippen molar-refractivity contribution in [1.82, 2.24) is 0 Å². The molecule has 0 amide bonds. The van der Waals surface area contributed by atoms with Crippen molar-refractivity contribution in [1.29, 1.82) is 0 Å². The molecule has 1 aromatic rings. The number of benzene rings is 1. The monoisotopic (exact) mass is 271 g/mol. The van der Waals surface area contributed by atoms with Crippen LogP contribution in [0.3, 0.4) is 0 Å². The van der Waals surface area contributed by atoms with E-state index in [4.69, 9.17) is 10.5 Å². The van der Waals surface area contributed by atoms with Crippen LogP contribution in [-0.2, 0) is 9.84 Å². The van der Waals surface area contributed by atoms with E-state index in [1.54, 1.807) is 0 Å². The molecule has 0 aromatic heterocycles. The molecule has 0 heterocycles. The van der Waals surface area contributed by atoms with Crippen molar-refractivity contribution in [2.24, 2.45) is 5.73 Å². The standard InChI is InChI=1S/C13H21NO3S/c1-12-4-6-13(7-5-12)17-9-11-18(15,16)10-3-2-8-14/h4-7H,2-3,8-11,14H2,1H3. The Balaban J connectivity index is 2.30. The van der Waals surface area contributed by atoms with Gasteiger partial charge >= 0.3 is 0 Å². The van der Waals surface area contributed by atoms with E-state index in [-0.39, 0.29) is 18.1 Å². The van der Waals surface area contributed by atoms with Gasteiger partial charge in [-0.25, -0.2) is 8.42 Å². The molecule has 5 heteroatoms. The minimum absolute atomic E-state index is 0.0610. The zero-order valence-corrected chi connectivity index (χ0v) is 11.6. The van der Waals surface area contributed by atoms with Crippen molar-refractivity contribution < 1.29 is 13.2 Å². The van der Waals surface area contributed by atoms with E-state index < -0.39 is 9.84 Å². The third-order valence-corrected chi connectivity index (χ3v) is 4.29. The van der Waals surface area contributed by atoms with Gasteiger partial charge in [-0.15, -0.1) is 0 Å². The maximum Gasteiger partial charge on any atom is 0.153 e. The summed E-state index contributed by atoms with van der Waals surface area (Å²) in [4.78, 5) is 0. The summed E-state index contributed by atoms with van der Waals surface area (Å²) >= 11 is 0. The molecule has 0 spiro atoms. The SMILES string of the molecule is Cc1ccc(OCCS(=O)(=O)CCCCN)cc1. The van der Waals surface area contributed by atoms with E-state index in [0.29, 0.717) is 18.7 Å². The van der Waals surface area contributed by atoms with Crippen molar-refractivity contribution in [3.05, 3.63) is 29.8 Å². The lowest BCUT2D eigenvalue weighted by Crippen LogP contribution is -2.17. The van der Waals surface area contributed by atoms with Crippen LogP contribution in [-0.4, -0.2) is 33.1 Å². The van der Waals surface area contributed by atoms with Gasteiger partial charge in [-0.1, -0.05) is 17.7 Å². The van der Waals surface area contributed by atoms with Gasteiger partial charge in [0.05, 0.1) is 11.5 Å². The van der Waals surface area contributed by atoms with Gasteiger partial charge in [-0.2, -0.15) is 0 Å². The molecule has 0 fully saturated rings. The summed E-state index contributed by atoms with van der Waals surface area (Å²) < 4.78 is 28.7. The Labute approximate surface area is 109 Å². The van der Waals surface area contributed by atoms with Gasteiger partial charge in [-0.05, 0) is 38.4 Å². The first-order valence-corrected chi connectivity index (χ1v) is 7.95. The zero-order chi connectivity index (χ0) is 13.4. The van der Waals surface area contributed by atoms with E-state index in [2.05, 4.69) is 0 Å². The van der Waals surface area contributed by atoms with Crippen LogP contribution in [0.5, 0.6) is 5.75 Å². The van der Waals surface area contributed by atoms with E-state index in [9.17, 15) is 8.42 Å². The molecule has 0 aliphatic carbocycles. The lowest BCUT2D eigenvalue weighted by molar-refractivity contribution is 0.340. The van der Waals surface area contributed by atoms with E-state index in [1.165, 1.54) is 0 Å². The van der Waals surface area contributed by atoms with Crippen LogP contribution in [0.4, 0.5) is 0 Å². The highest BCUT2D eigenvalue weighted by molar-refractivity contribution is 7.91. The summed E-state index contributed by atoms with van der Waals surface area (Å²) in [5.74, 6) is 0.963. The number of unbranched alkanes of at least 4 members (excludes halogenated alkanes) is 1.